The molecule has 0 unspecified atom stereocenters. The second kappa shape index (κ2) is 6.22. The molecule has 0 heterocycles. The van der Waals surface area contributed by atoms with Gasteiger partial charge in [0.2, 0.25) is 0 Å². The van der Waals surface area contributed by atoms with Gasteiger partial charge in [-0.05, 0) is 41.8 Å². The molecule has 0 spiro atoms. The number of anilines is 1. The van der Waals surface area contributed by atoms with Crippen LogP contribution in [0.3, 0.4) is 0 Å². The molecule has 0 fully saturated rings. The summed E-state index contributed by atoms with van der Waals surface area (Å²) in [4.78, 5) is 2.24. The molecule has 2 N–H and O–H groups in total. The lowest BCUT2D eigenvalue weighted by Gasteiger charge is -2.21. The van der Waals surface area contributed by atoms with Crippen molar-refractivity contribution >= 4 is 21.6 Å². The SMILES string of the molecule is Cc1cc(N(C)Cc2ccccc2Br)ccc1CN. The lowest BCUT2D eigenvalue weighted by molar-refractivity contribution is 0.914. The van der Waals surface area contributed by atoms with Gasteiger partial charge in [0.05, 0.1) is 0 Å². The fourth-order valence-corrected chi connectivity index (χ4v) is 2.53. The van der Waals surface area contributed by atoms with Crippen LogP contribution in [0.2, 0.25) is 0 Å². The van der Waals surface area contributed by atoms with Gasteiger partial charge < -0.3 is 10.6 Å². The number of hydrogen-bond acceptors (Lipinski definition) is 2. The van der Waals surface area contributed by atoms with Crippen molar-refractivity contribution in [1.29, 1.82) is 0 Å². The first kappa shape index (κ1) is 14.1. The standard InChI is InChI=1S/C16H19BrN2/c1-12-9-15(8-7-13(12)10-18)19(2)11-14-5-3-4-6-16(14)17/h3-9H,10-11,18H2,1-2H3. The summed E-state index contributed by atoms with van der Waals surface area (Å²) >= 11 is 3.59. The quantitative estimate of drug-likeness (QED) is 0.927. The van der Waals surface area contributed by atoms with Crippen LogP contribution in [-0.4, -0.2) is 7.05 Å². The van der Waals surface area contributed by atoms with E-state index in [1.807, 2.05) is 6.07 Å². The van der Waals surface area contributed by atoms with E-state index in [9.17, 15) is 0 Å². The van der Waals surface area contributed by atoms with Crippen molar-refractivity contribution in [3.8, 4) is 0 Å². The number of halogens is 1. The minimum Gasteiger partial charge on any atom is -0.370 e. The van der Waals surface area contributed by atoms with Gasteiger partial charge in [-0.1, -0.05) is 40.2 Å². The first-order valence-electron chi connectivity index (χ1n) is 6.36. The Bertz CT molecular complexity index is 566. The predicted molar refractivity (Wildman–Crippen MR) is 85.3 cm³/mol. The van der Waals surface area contributed by atoms with Gasteiger partial charge in [0.25, 0.3) is 0 Å². The fourth-order valence-electron chi connectivity index (χ4n) is 2.12. The van der Waals surface area contributed by atoms with Gasteiger partial charge in [0.15, 0.2) is 0 Å². The van der Waals surface area contributed by atoms with Gasteiger partial charge in [0.1, 0.15) is 0 Å². The zero-order valence-corrected chi connectivity index (χ0v) is 12.9. The highest BCUT2D eigenvalue weighted by Gasteiger charge is 2.06. The van der Waals surface area contributed by atoms with Gasteiger partial charge in [-0.15, -0.1) is 0 Å². The van der Waals surface area contributed by atoms with E-state index in [-0.39, 0.29) is 0 Å². The summed E-state index contributed by atoms with van der Waals surface area (Å²) in [5.74, 6) is 0. The van der Waals surface area contributed by atoms with E-state index in [4.69, 9.17) is 5.73 Å². The van der Waals surface area contributed by atoms with Crippen molar-refractivity contribution in [2.45, 2.75) is 20.0 Å². The highest BCUT2D eigenvalue weighted by atomic mass is 79.9. The molecule has 0 atom stereocenters. The average Bonchev–Trinajstić information content (AvgIpc) is 2.41. The summed E-state index contributed by atoms with van der Waals surface area (Å²) in [5.41, 5.74) is 10.7. The Morgan fingerprint density at radius 3 is 2.47 bits per heavy atom. The molecule has 3 heteroatoms. The Kier molecular flexibility index (Phi) is 4.61. The maximum absolute atomic E-state index is 5.70. The van der Waals surface area contributed by atoms with Crippen LogP contribution in [0.5, 0.6) is 0 Å². The summed E-state index contributed by atoms with van der Waals surface area (Å²) in [6, 6.07) is 14.8. The highest BCUT2D eigenvalue weighted by Crippen LogP contribution is 2.22. The first-order chi connectivity index (χ1) is 9.11. The van der Waals surface area contributed by atoms with Crippen LogP contribution in [-0.2, 0) is 13.1 Å². The van der Waals surface area contributed by atoms with Gasteiger partial charge in [0, 0.05) is 30.3 Å². The van der Waals surface area contributed by atoms with E-state index in [1.54, 1.807) is 0 Å². The largest absolute Gasteiger partial charge is 0.370 e. The maximum Gasteiger partial charge on any atom is 0.0437 e. The Morgan fingerprint density at radius 1 is 1.11 bits per heavy atom. The Morgan fingerprint density at radius 2 is 1.84 bits per heavy atom. The van der Waals surface area contributed by atoms with Gasteiger partial charge >= 0.3 is 0 Å². The van der Waals surface area contributed by atoms with Crippen LogP contribution in [0.25, 0.3) is 0 Å². The number of hydrogen-bond donors (Lipinski definition) is 1. The average molecular weight is 319 g/mol. The third-order valence-corrected chi connectivity index (χ3v) is 4.13. The van der Waals surface area contributed by atoms with Crippen molar-refractivity contribution in [3.05, 3.63) is 63.6 Å². The minimum absolute atomic E-state index is 0.597. The molecule has 0 amide bonds. The molecular weight excluding hydrogens is 300 g/mol. The van der Waals surface area contributed by atoms with E-state index in [0.717, 1.165) is 11.0 Å². The molecule has 0 saturated carbocycles. The molecule has 0 aliphatic heterocycles. The van der Waals surface area contributed by atoms with Crippen LogP contribution >= 0.6 is 15.9 Å². The fraction of sp³-hybridized carbons (Fsp3) is 0.250. The third-order valence-electron chi connectivity index (χ3n) is 3.35. The molecule has 2 rings (SSSR count). The zero-order chi connectivity index (χ0) is 13.8. The van der Waals surface area contributed by atoms with Crippen LogP contribution in [0, 0.1) is 6.92 Å². The van der Waals surface area contributed by atoms with Crippen molar-refractivity contribution in [1.82, 2.24) is 0 Å². The van der Waals surface area contributed by atoms with Crippen LogP contribution in [0.4, 0.5) is 5.69 Å². The van der Waals surface area contributed by atoms with E-state index in [1.165, 1.54) is 22.4 Å². The predicted octanol–water partition coefficient (Wildman–Crippen LogP) is 3.85. The van der Waals surface area contributed by atoms with E-state index in [2.05, 4.69) is 71.2 Å². The molecule has 19 heavy (non-hydrogen) atoms. The first-order valence-corrected chi connectivity index (χ1v) is 7.15. The molecule has 0 radical (unpaired) electrons. The summed E-state index contributed by atoms with van der Waals surface area (Å²) in [5, 5.41) is 0. The zero-order valence-electron chi connectivity index (χ0n) is 11.4. The summed E-state index contributed by atoms with van der Waals surface area (Å²) in [7, 11) is 2.11. The summed E-state index contributed by atoms with van der Waals surface area (Å²) in [6.07, 6.45) is 0. The Hall–Kier alpha value is -1.32. The second-order valence-corrected chi connectivity index (χ2v) is 5.62. The summed E-state index contributed by atoms with van der Waals surface area (Å²) in [6.45, 7) is 3.58. The van der Waals surface area contributed by atoms with Crippen molar-refractivity contribution in [3.63, 3.8) is 0 Å². The molecule has 0 aliphatic carbocycles. The van der Waals surface area contributed by atoms with E-state index >= 15 is 0 Å². The number of nitrogens with zero attached hydrogens (tertiary/aromatic N) is 1. The topological polar surface area (TPSA) is 29.3 Å². The number of rotatable bonds is 4. The number of benzene rings is 2. The summed E-state index contributed by atoms with van der Waals surface area (Å²) < 4.78 is 1.15. The second-order valence-electron chi connectivity index (χ2n) is 4.76. The van der Waals surface area contributed by atoms with Gasteiger partial charge in [-0.2, -0.15) is 0 Å². The van der Waals surface area contributed by atoms with Crippen molar-refractivity contribution < 1.29 is 0 Å². The van der Waals surface area contributed by atoms with Crippen LogP contribution in [0.15, 0.2) is 46.9 Å². The van der Waals surface area contributed by atoms with E-state index < -0.39 is 0 Å². The lowest BCUT2D eigenvalue weighted by Crippen LogP contribution is -2.17. The molecule has 2 nitrogen and oxygen atoms in total. The molecule has 2 aromatic carbocycles. The Balaban J connectivity index is 2.18. The monoisotopic (exact) mass is 318 g/mol. The van der Waals surface area contributed by atoms with Gasteiger partial charge in [-0.25, -0.2) is 0 Å². The maximum atomic E-state index is 5.70. The number of aryl methyl sites for hydroxylation is 1. The molecule has 100 valence electrons. The molecule has 2 aromatic rings. The van der Waals surface area contributed by atoms with Crippen LogP contribution < -0.4 is 10.6 Å². The smallest absolute Gasteiger partial charge is 0.0437 e. The molecular formula is C16H19BrN2. The van der Waals surface area contributed by atoms with Crippen LogP contribution in [0.1, 0.15) is 16.7 Å². The van der Waals surface area contributed by atoms with Crippen molar-refractivity contribution in [2.24, 2.45) is 5.73 Å². The lowest BCUT2D eigenvalue weighted by atomic mass is 10.1. The highest BCUT2D eigenvalue weighted by molar-refractivity contribution is 9.10. The minimum atomic E-state index is 0.597. The van der Waals surface area contributed by atoms with Crippen molar-refractivity contribution in [2.75, 3.05) is 11.9 Å². The normalized spacial score (nSPS) is 10.5. The van der Waals surface area contributed by atoms with E-state index in [0.29, 0.717) is 6.54 Å². The number of nitrogens with two attached hydrogens (primary N) is 1. The third kappa shape index (κ3) is 3.37. The Labute approximate surface area is 123 Å². The molecule has 0 aromatic heterocycles. The van der Waals surface area contributed by atoms with Gasteiger partial charge in [-0.3, -0.25) is 0 Å². The molecule has 0 aliphatic rings. The molecule has 0 bridgehead atoms. The molecule has 0 saturated heterocycles.